The first-order chi connectivity index (χ1) is 11.5. The molecule has 3 rings (SSSR count). The van der Waals surface area contributed by atoms with E-state index < -0.39 is 5.97 Å². The molecule has 0 fully saturated rings. The first-order valence-corrected chi connectivity index (χ1v) is 8.23. The normalized spacial score (nSPS) is 17.3. The molecule has 0 amide bonds. The zero-order chi connectivity index (χ0) is 17.1. The average Bonchev–Trinajstić information content (AvgIpc) is 2.55. The van der Waals surface area contributed by atoms with Gasteiger partial charge in [-0.2, -0.15) is 0 Å². The summed E-state index contributed by atoms with van der Waals surface area (Å²) in [4.78, 5) is 24.2. The molecule has 0 N–H and O–H groups in total. The Morgan fingerprint density at radius 2 is 1.50 bits per heavy atom. The third-order valence-corrected chi connectivity index (χ3v) is 4.37. The summed E-state index contributed by atoms with van der Waals surface area (Å²) in [6.45, 7) is 0. The number of esters is 1. The van der Waals surface area contributed by atoms with Gasteiger partial charge in [0.25, 0.3) is 0 Å². The van der Waals surface area contributed by atoms with Crippen LogP contribution >= 0.6 is 23.2 Å². The summed E-state index contributed by atoms with van der Waals surface area (Å²) in [5.41, 5.74) is 1.39. The third-order valence-electron chi connectivity index (χ3n) is 3.86. The quantitative estimate of drug-likeness (QED) is 0.708. The highest BCUT2D eigenvalue weighted by atomic mass is 35.5. The van der Waals surface area contributed by atoms with Crippen LogP contribution in [0, 0.1) is 0 Å². The van der Waals surface area contributed by atoms with Crippen LogP contribution in [0.2, 0.25) is 10.0 Å². The van der Waals surface area contributed by atoms with Gasteiger partial charge in [0.1, 0.15) is 5.76 Å². The summed E-state index contributed by atoms with van der Waals surface area (Å²) in [5, 5.41) is 1.19. The second kappa shape index (κ2) is 7.20. The first-order valence-electron chi connectivity index (χ1n) is 7.48. The van der Waals surface area contributed by atoms with Gasteiger partial charge in [-0.15, -0.1) is 0 Å². The maximum Gasteiger partial charge on any atom is 0.343 e. The minimum Gasteiger partial charge on any atom is -0.427 e. The highest BCUT2D eigenvalue weighted by molar-refractivity contribution is 6.30. The minimum atomic E-state index is -0.498. The minimum absolute atomic E-state index is 0.0206. The maximum atomic E-state index is 12.2. The molecule has 24 heavy (non-hydrogen) atoms. The van der Waals surface area contributed by atoms with Crippen molar-refractivity contribution in [2.45, 2.75) is 18.8 Å². The third kappa shape index (κ3) is 4.05. The number of rotatable bonds is 3. The Morgan fingerprint density at radius 3 is 2.12 bits per heavy atom. The summed E-state index contributed by atoms with van der Waals surface area (Å²) in [7, 11) is 0. The van der Waals surface area contributed by atoms with Gasteiger partial charge in [-0.1, -0.05) is 35.3 Å². The van der Waals surface area contributed by atoms with Crippen LogP contribution in [0.1, 0.15) is 34.7 Å². The van der Waals surface area contributed by atoms with Gasteiger partial charge in [0.05, 0.1) is 5.56 Å². The average molecular weight is 361 g/mol. The van der Waals surface area contributed by atoms with Crippen LogP contribution in [0.5, 0.6) is 0 Å². The Labute approximate surface area is 149 Å². The number of halogens is 2. The van der Waals surface area contributed by atoms with Crippen LogP contribution in [0.15, 0.2) is 60.4 Å². The molecule has 0 saturated heterocycles. The molecule has 0 saturated carbocycles. The van der Waals surface area contributed by atoms with Crippen LogP contribution in [0.3, 0.4) is 0 Å². The second-order valence-corrected chi connectivity index (χ2v) is 6.50. The number of carbonyl (C=O) groups excluding carboxylic acids is 2. The molecule has 0 heterocycles. The number of ketones is 1. The van der Waals surface area contributed by atoms with E-state index >= 15 is 0 Å². The molecule has 0 aliphatic heterocycles. The molecular weight excluding hydrogens is 347 g/mol. The van der Waals surface area contributed by atoms with Crippen LogP contribution < -0.4 is 0 Å². The molecule has 0 unspecified atom stereocenters. The number of hydrogen-bond donors (Lipinski definition) is 0. The van der Waals surface area contributed by atoms with Crippen molar-refractivity contribution >= 4 is 35.0 Å². The summed E-state index contributed by atoms with van der Waals surface area (Å²) in [5.74, 6) is -0.193. The molecule has 1 aliphatic carbocycles. The molecule has 0 spiro atoms. The van der Waals surface area contributed by atoms with E-state index in [-0.39, 0.29) is 11.7 Å². The molecule has 0 aromatic heterocycles. The van der Waals surface area contributed by atoms with Crippen molar-refractivity contribution in [3.63, 3.8) is 0 Å². The highest BCUT2D eigenvalue weighted by Crippen LogP contribution is 2.32. The van der Waals surface area contributed by atoms with Gasteiger partial charge in [-0.25, -0.2) is 4.79 Å². The van der Waals surface area contributed by atoms with Gasteiger partial charge in [-0.05, 0) is 47.9 Å². The van der Waals surface area contributed by atoms with Gasteiger partial charge in [0.15, 0.2) is 5.78 Å². The second-order valence-electron chi connectivity index (χ2n) is 5.63. The lowest BCUT2D eigenvalue weighted by atomic mass is 9.86. The highest BCUT2D eigenvalue weighted by Gasteiger charge is 2.25. The van der Waals surface area contributed by atoms with Crippen molar-refractivity contribution < 1.29 is 14.3 Å². The van der Waals surface area contributed by atoms with Crippen molar-refractivity contribution in [1.82, 2.24) is 0 Å². The van der Waals surface area contributed by atoms with Crippen molar-refractivity contribution in [2.24, 2.45) is 0 Å². The van der Waals surface area contributed by atoms with E-state index in [0.717, 1.165) is 5.56 Å². The molecule has 3 nitrogen and oxygen atoms in total. The van der Waals surface area contributed by atoms with Crippen molar-refractivity contribution in [2.75, 3.05) is 0 Å². The predicted octanol–water partition coefficient (Wildman–Crippen LogP) is 5.18. The van der Waals surface area contributed by atoms with E-state index in [0.29, 0.717) is 34.2 Å². The smallest absolute Gasteiger partial charge is 0.343 e. The summed E-state index contributed by atoms with van der Waals surface area (Å²) in [6, 6.07) is 13.8. The molecule has 122 valence electrons. The zero-order valence-electron chi connectivity index (χ0n) is 12.7. The molecule has 1 aliphatic rings. The molecule has 1 atom stereocenters. The maximum absolute atomic E-state index is 12.2. The number of benzene rings is 2. The van der Waals surface area contributed by atoms with Gasteiger partial charge in [0.2, 0.25) is 0 Å². The monoisotopic (exact) mass is 360 g/mol. The number of hydrogen-bond acceptors (Lipinski definition) is 3. The molecular formula is C19H14Cl2O3. The fraction of sp³-hybridized carbons (Fsp3) is 0.158. The lowest BCUT2D eigenvalue weighted by molar-refractivity contribution is -0.115. The van der Waals surface area contributed by atoms with Gasteiger partial charge in [0, 0.05) is 29.0 Å². The summed E-state index contributed by atoms with van der Waals surface area (Å²) >= 11 is 11.7. The Hall–Kier alpha value is -2.10. The van der Waals surface area contributed by atoms with Crippen molar-refractivity contribution in [1.29, 1.82) is 0 Å². The van der Waals surface area contributed by atoms with E-state index in [1.54, 1.807) is 36.4 Å². The van der Waals surface area contributed by atoms with Crippen LogP contribution in [0.25, 0.3) is 0 Å². The Kier molecular flexibility index (Phi) is 5.03. The van der Waals surface area contributed by atoms with E-state index in [2.05, 4.69) is 0 Å². The lowest BCUT2D eigenvalue weighted by Crippen LogP contribution is -2.16. The van der Waals surface area contributed by atoms with E-state index in [1.807, 2.05) is 12.1 Å². The van der Waals surface area contributed by atoms with Gasteiger partial charge in [-0.3, -0.25) is 4.79 Å². The molecule has 0 bridgehead atoms. The fourth-order valence-electron chi connectivity index (χ4n) is 2.66. The van der Waals surface area contributed by atoms with Gasteiger partial charge < -0.3 is 4.74 Å². The number of allylic oxidation sites excluding steroid dienone is 2. The molecule has 2 aromatic carbocycles. The van der Waals surface area contributed by atoms with E-state index in [1.165, 1.54) is 6.08 Å². The largest absolute Gasteiger partial charge is 0.427 e. The van der Waals surface area contributed by atoms with Crippen LogP contribution in [0.4, 0.5) is 0 Å². The topological polar surface area (TPSA) is 43.4 Å². The van der Waals surface area contributed by atoms with Crippen LogP contribution in [-0.4, -0.2) is 11.8 Å². The number of carbonyl (C=O) groups is 2. The SMILES string of the molecule is O=C1C=C(OC(=O)c2ccc(Cl)cc2)C[C@@H](c2ccc(Cl)cc2)C1. The summed E-state index contributed by atoms with van der Waals surface area (Å²) in [6.07, 6.45) is 2.29. The predicted molar refractivity (Wildman–Crippen MR) is 93.4 cm³/mol. The Morgan fingerprint density at radius 1 is 0.917 bits per heavy atom. The van der Waals surface area contributed by atoms with E-state index in [4.69, 9.17) is 27.9 Å². The summed E-state index contributed by atoms with van der Waals surface area (Å²) < 4.78 is 5.40. The molecule has 5 heteroatoms. The molecule has 0 radical (unpaired) electrons. The fourth-order valence-corrected chi connectivity index (χ4v) is 2.91. The molecule has 2 aromatic rings. The van der Waals surface area contributed by atoms with E-state index in [9.17, 15) is 9.59 Å². The number of ether oxygens (including phenoxy) is 1. The standard InChI is InChI=1S/C19H14Cl2O3/c20-15-5-1-12(2-6-15)14-9-17(22)11-18(10-14)24-19(23)13-3-7-16(21)8-4-13/h1-8,11,14H,9-10H2/t14-/m0/s1. The Balaban J connectivity index is 1.73. The lowest BCUT2D eigenvalue weighted by Gasteiger charge is -2.22. The first kappa shape index (κ1) is 16.7. The van der Waals surface area contributed by atoms with Crippen LogP contribution in [-0.2, 0) is 9.53 Å². The Bertz CT molecular complexity index is 792. The van der Waals surface area contributed by atoms with Crippen molar-refractivity contribution in [3.8, 4) is 0 Å². The van der Waals surface area contributed by atoms with Crippen molar-refractivity contribution in [3.05, 3.63) is 81.5 Å². The van der Waals surface area contributed by atoms with Gasteiger partial charge >= 0.3 is 5.97 Å². The zero-order valence-corrected chi connectivity index (χ0v) is 14.2.